The lowest BCUT2D eigenvalue weighted by atomic mass is 10.4. The van der Waals surface area contributed by atoms with E-state index >= 15 is 0 Å². The molecule has 0 fully saturated rings. The molecule has 1 aliphatic rings. The number of aliphatic imine (C=N–C) groups is 1. The standard InChI is InChI=1S/C12H24ClN3OSi/c1-11-5-6-14-12(13)15-9-16(11)10-17-7-8-18(2,3)4/h5-6,12,15H,7-10H2,1-4H3/b11-5+,14-6?. The highest BCUT2D eigenvalue weighted by molar-refractivity contribution is 6.76. The van der Waals surface area contributed by atoms with E-state index in [2.05, 4.69) is 34.9 Å². The Labute approximate surface area is 116 Å². The van der Waals surface area contributed by atoms with Gasteiger partial charge in [0, 0.05) is 26.6 Å². The van der Waals surface area contributed by atoms with Crippen molar-refractivity contribution in [2.75, 3.05) is 20.0 Å². The first-order chi connectivity index (χ1) is 8.38. The maximum Gasteiger partial charge on any atom is 0.176 e. The molecule has 1 heterocycles. The number of nitrogens with one attached hydrogen (secondary N) is 1. The van der Waals surface area contributed by atoms with Crippen LogP contribution in [-0.2, 0) is 4.74 Å². The van der Waals surface area contributed by atoms with Crippen molar-refractivity contribution in [3.8, 4) is 0 Å². The molecule has 0 aromatic carbocycles. The summed E-state index contributed by atoms with van der Waals surface area (Å²) in [7, 11) is -1.01. The predicted octanol–water partition coefficient (Wildman–Crippen LogP) is 2.66. The molecule has 0 saturated carbocycles. The van der Waals surface area contributed by atoms with Gasteiger partial charge in [-0.15, -0.1) is 0 Å². The van der Waals surface area contributed by atoms with E-state index in [1.165, 1.54) is 6.04 Å². The third-order valence-electron chi connectivity index (χ3n) is 2.73. The first kappa shape index (κ1) is 15.7. The van der Waals surface area contributed by atoms with Crippen molar-refractivity contribution < 1.29 is 4.74 Å². The molecule has 1 rings (SSSR count). The number of nitrogens with zero attached hydrogens (tertiary/aromatic N) is 2. The SMILES string of the molecule is C/C1=C\C=NC(Cl)NCN1COCC[Si](C)(C)C. The second-order valence-corrected chi connectivity index (χ2v) is 11.7. The Balaban J connectivity index is 2.36. The van der Waals surface area contributed by atoms with Gasteiger partial charge in [0.2, 0.25) is 0 Å². The molecule has 0 spiro atoms. The fourth-order valence-corrected chi connectivity index (χ4v) is 2.29. The van der Waals surface area contributed by atoms with Crippen LogP contribution in [0.4, 0.5) is 0 Å². The van der Waals surface area contributed by atoms with Crippen molar-refractivity contribution in [1.82, 2.24) is 10.2 Å². The summed E-state index contributed by atoms with van der Waals surface area (Å²) >= 11 is 5.93. The minimum atomic E-state index is -1.01. The smallest absolute Gasteiger partial charge is 0.176 e. The topological polar surface area (TPSA) is 36.9 Å². The molecule has 1 aliphatic heterocycles. The number of halogens is 1. The average molecular weight is 290 g/mol. The van der Waals surface area contributed by atoms with Crippen LogP contribution in [0.3, 0.4) is 0 Å². The highest BCUT2D eigenvalue weighted by Gasteiger charge is 2.13. The molecule has 0 aromatic rings. The van der Waals surface area contributed by atoms with Crippen LogP contribution in [0.2, 0.25) is 25.7 Å². The molecule has 0 amide bonds. The molecule has 104 valence electrons. The second kappa shape index (κ2) is 7.28. The van der Waals surface area contributed by atoms with Gasteiger partial charge in [0.05, 0.1) is 6.67 Å². The summed E-state index contributed by atoms with van der Waals surface area (Å²) in [4.78, 5) is 6.20. The van der Waals surface area contributed by atoms with Crippen molar-refractivity contribution in [2.45, 2.75) is 38.2 Å². The Bertz CT molecular complexity index is 315. The average Bonchev–Trinajstić information content (AvgIpc) is 2.24. The van der Waals surface area contributed by atoms with Gasteiger partial charge in [-0.2, -0.15) is 0 Å². The van der Waals surface area contributed by atoms with Crippen LogP contribution in [0, 0.1) is 0 Å². The highest BCUT2D eigenvalue weighted by atomic mass is 35.5. The van der Waals surface area contributed by atoms with Crippen molar-refractivity contribution in [3.63, 3.8) is 0 Å². The lowest BCUT2D eigenvalue weighted by Gasteiger charge is -2.27. The molecule has 1 atom stereocenters. The summed E-state index contributed by atoms with van der Waals surface area (Å²) in [5, 5.41) is 3.10. The van der Waals surface area contributed by atoms with Gasteiger partial charge >= 0.3 is 0 Å². The summed E-state index contributed by atoms with van der Waals surface area (Å²) < 4.78 is 5.74. The summed E-state index contributed by atoms with van der Waals surface area (Å²) in [6.45, 7) is 11.2. The van der Waals surface area contributed by atoms with Crippen LogP contribution in [-0.4, -0.2) is 44.8 Å². The molecule has 6 heteroatoms. The number of hydrogen-bond donors (Lipinski definition) is 1. The third-order valence-corrected chi connectivity index (χ3v) is 4.70. The van der Waals surface area contributed by atoms with Crippen molar-refractivity contribution in [1.29, 1.82) is 0 Å². The third kappa shape index (κ3) is 6.54. The fraction of sp³-hybridized carbons (Fsp3) is 0.750. The zero-order valence-corrected chi connectivity index (χ0v) is 13.5. The van der Waals surface area contributed by atoms with Crippen LogP contribution in [0.25, 0.3) is 0 Å². The van der Waals surface area contributed by atoms with Gasteiger partial charge in [0.15, 0.2) is 5.62 Å². The summed E-state index contributed by atoms with van der Waals surface area (Å²) in [5.41, 5.74) is 0.765. The minimum absolute atomic E-state index is 0.362. The van der Waals surface area contributed by atoms with Crippen molar-refractivity contribution in [2.24, 2.45) is 4.99 Å². The van der Waals surface area contributed by atoms with E-state index in [1.54, 1.807) is 6.21 Å². The molecule has 1 unspecified atom stereocenters. The first-order valence-corrected chi connectivity index (χ1v) is 10.4. The van der Waals surface area contributed by atoms with E-state index in [-0.39, 0.29) is 5.62 Å². The van der Waals surface area contributed by atoms with Gasteiger partial charge in [0.25, 0.3) is 0 Å². The lowest BCUT2D eigenvalue weighted by Crippen LogP contribution is -2.38. The maximum absolute atomic E-state index is 5.93. The zero-order chi connectivity index (χ0) is 13.6. The molecule has 18 heavy (non-hydrogen) atoms. The van der Waals surface area contributed by atoms with E-state index in [0.717, 1.165) is 12.3 Å². The summed E-state index contributed by atoms with van der Waals surface area (Å²) in [5.74, 6) is 0. The Morgan fingerprint density at radius 1 is 1.56 bits per heavy atom. The Morgan fingerprint density at radius 3 is 2.94 bits per heavy atom. The molecule has 0 aliphatic carbocycles. The highest BCUT2D eigenvalue weighted by Crippen LogP contribution is 2.09. The van der Waals surface area contributed by atoms with E-state index < -0.39 is 8.07 Å². The monoisotopic (exact) mass is 289 g/mol. The fourth-order valence-electron chi connectivity index (χ4n) is 1.40. The maximum atomic E-state index is 5.93. The second-order valence-electron chi connectivity index (χ2n) is 5.69. The number of hydrogen-bond acceptors (Lipinski definition) is 4. The number of alkyl halides is 1. The van der Waals surface area contributed by atoms with E-state index in [1.807, 2.05) is 13.0 Å². The van der Waals surface area contributed by atoms with E-state index in [9.17, 15) is 0 Å². The van der Waals surface area contributed by atoms with Gasteiger partial charge in [0.1, 0.15) is 6.73 Å². The van der Waals surface area contributed by atoms with Crippen LogP contribution in [0.5, 0.6) is 0 Å². The normalized spacial score (nSPS) is 24.4. The van der Waals surface area contributed by atoms with Gasteiger partial charge in [-0.1, -0.05) is 31.2 Å². The molecular formula is C12H24ClN3OSi. The quantitative estimate of drug-likeness (QED) is 0.366. The largest absolute Gasteiger partial charge is 0.361 e. The summed E-state index contributed by atoms with van der Waals surface area (Å²) in [6.07, 6.45) is 3.69. The molecular weight excluding hydrogens is 266 g/mol. The zero-order valence-electron chi connectivity index (χ0n) is 11.7. The van der Waals surface area contributed by atoms with E-state index in [4.69, 9.17) is 16.3 Å². The molecule has 0 saturated heterocycles. The van der Waals surface area contributed by atoms with Crippen molar-refractivity contribution in [3.05, 3.63) is 11.8 Å². The van der Waals surface area contributed by atoms with Gasteiger partial charge < -0.3 is 9.64 Å². The number of ether oxygens (including phenoxy) is 1. The molecule has 4 nitrogen and oxygen atoms in total. The van der Waals surface area contributed by atoms with Crippen LogP contribution in [0.15, 0.2) is 16.8 Å². The number of allylic oxidation sites excluding steroid dienone is 2. The Kier molecular flexibility index (Phi) is 6.35. The Morgan fingerprint density at radius 2 is 2.28 bits per heavy atom. The molecule has 0 radical (unpaired) electrons. The predicted molar refractivity (Wildman–Crippen MR) is 80.7 cm³/mol. The van der Waals surface area contributed by atoms with Crippen LogP contribution < -0.4 is 5.32 Å². The van der Waals surface area contributed by atoms with E-state index in [0.29, 0.717) is 13.4 Å². The lowest BCUT2D eigenvalue weighted by molar-refractivity contribution is 0.0502. The summed E-state index contributed by atoms with van der Waals surface area (Å²) in [6, 6.07) is 1.19. The number of rotatable bonds is 5. The first-order valence-electron chi connectivity index (χ1n) is 6.29. The van der Waals surface area contributed by atoms with Crippen LogP contribution in [0.1, 0.15) is 6.92 Å². The van der Waals surface area contributed by atoms with Crippen LogP contribution >= 0.6 is 11.6 Å². The van der Waals surface area contributed by atoms with Gasteiger partial charge in [-0.25, -0.2) is 0 Å². The Hall–Kier alpha value is -0.363. The molecule has 0 bridgehead atoms. The minimum Gasteiger partial charge on any atom is -0.361 e. The molecule has 0 aromatic heterocycles. The van der Waals surface area contributed by atoms with Gasteiger partial charge in [-0.05, 0) is 19.0 Å². The van der Waals surface area contributed by atoms with Gasteiger partial charge in [-0.3, -0.25) is 10.3 Å². The molecule has 1 N–H and O–H groups in total. The van der Waals surface area contributed by atoms with Crippen molar-refractivity contribution >= 4 is 25.9 Å².